The highest BCUT2D eigenvalue weighted by molar-refractivity contribution is 6.09. The van der Waals surface area contributed by atoms with Crippen LogP contribution < -0.4 is 5.73 Å². The van der Waals surface area contributed by atoms with Crippen molar-refractivity contribution in [1.82, 2.24) is 4.90 Å². The predicted molar refractivity (Wildman–Crippen MR) is 93.9 cm³/mol. The molecule has 2 aliphatic rings. The molecule has 1 saturated carbocycles. The van der Waals surface area contributed by atoms with Gasteiger partial charge in [-0.15, -0.1) is 0 Å². The third kappa shape index (κ3) is 4.44. The minimum absolute atomic E-state index is 0.0170. The van der Waals surface area contributed by atoms with Crippen LogP contribution in [0.3, 0.4) is 0 Å². The quantitative estimate of drug-likeness (QED) is 0.777. The highest BCUT2D eigenvalue weighted by Crippen LogP contribution is 2.25. The minimum atomic E-state index is -0.123. The molecule has 1 aliphatic heterocycles. The fraction of sp³-hybridized carbons (Fsp3) is 0.722. The molecule has 2 rings (SSSR count). The van der Waals surface area contributed by atoms with Gasteiger partial charge in [0, 0.05) is 24.4 Å². The zero-order valence-electron chi connectivity index (χ0n) is 15.0. The van der Waals surface area contributed by atoms with E-state index < -0.39 is 0 Å². The van der Waals surface area contributed by atoms with Crippen molar-refractivity contribution in [3.63, 3.8) is 0 Å². The maximum atomic E-state index is 12.9. The van der Waals surface area contributed by atoms with Crippen LogP contribution in [0.5, 0.6) is 0 Å². The first-order valence-corrected chi connectivity index (χ1v) is 8.92. The van der Waals surface area contributed by atoms with E-state index in [0.717, 1.165) is 43.4 Å². The number of morpholine rings is 1. The maximum absolute atomic E-state index is 12.9. The molecule has 1 amide bonds. The Morgan fingerprint density at radius 3 is 2.38 bits per heavy atom. The molecule has 0 spiro atoms. The fourth-order valence-corrected chi connectivity index (χ4v) is 3.24. The SMILES string of the molecule is CC[C@@H]1CN(C(=O)/C(N)=C2\CCCC2=NCC(C)=O)C[C@H](CC)O1. The molecule has 134 valence electrons. The standard InChI is InChI=1S/C18H29N3O3/c1-4-13-10-21(11-14(5-2)24-13)18(23)17(19)15-7-6-8-16(15)20-9-12(3)22/h13-14H,4-11,19H2,1-3H3/b17-15-,20-16?/t13-,14+. The van der Waals surface area contributed by atoms with E-state index in [1.165, 1.54) is 6.92 Å². The first-order chi connectivity index (χ1) is 11.5. The van der Waals surface area contributed by atoms with Gasteiger partial charge in [0.05, 0.1) is 18.8 Å². The van der Waals surface area contributed by atoms with E-state index in [9.17, 15) is 9.59 Å². The number of nitrogens with two attached hydrogens (primary N) is 1. The largest absolute Gasteiger partial charge is 0.394 e. The van der Waals surface area contributed by atoms with Gasteiger partial charge < -0.3 is 15.4 Å². The zero-order chi connectivity index (χ0) is 17.7. The molecule has 1 aliphatic carbocycles. The number of hydrogen-bond acceptors (Lipinski definition) is 5. The molecule has 1 saturated heterocycles. The molecule has 6 heteroatoms. The Labute approximate surface area is 144 Å². The molecule has 2 fully saturated rings. The topological polar surface area (TPSA) is 85.0 Å². The van der Waals surface area contributed by atoms with E-state index in [4.69, 9.17) is 10.5 Å². The molecule has 2 N–H and O–H groups in total. The lowest BCUT2D eigenvalue weighted by molar-refractivity contribution is -0.142. The Balaban J connectivity index is 2.17. The Morgan fingerprint density at radius 1 is 1.21 bits per heavy atom. The van der Waals surface area contributed by atoms with Crippen molar-refractivity contribution >= 4 is 17.4 Å². The van der Waals surface area contributed by atoms with Crippen LogP contribution in [-0.4, -0.2) is 54.1 Å². The van der Waals surface area contributed by atoms with Crippen LogP contribution in [0.2, 0.25) is 0 Å². The Bertz CT molecular complexity index is 542. The number of ether oxygens (including phenoxy) is 1. The number of nitrogens with zero attached hydrogens (tertiary/aromatic N) is 2. The Kier molecular flexibility index (Phi) is 6.54. The molecule has 0 aromatic carbocycles. The molecular weight excluding hydrogens is 306 g/mol. The van der Waals surface area contributed by atoms with E-state index in [1.54, 1.807) is 0 Å². The van der Waals surface area contributed by atoms with Crippen molar-refractivity contribution in [2.45, 2.75) is 65.1 Å². The summed E-state index contributed by atoms with van der Waals surface area (Å²) in [4.78, 5) is 30.2. The summed E-state index contributed by atoms with van der Waals surface area (Å²) >= 11 is 0. The molecular formula is C18H29N3O3. The Hall–Kier alpha value is -1.69. The van der Waals surface area contributed by atoms with Gasteiger partial charge in [-0.2, -0.15) is 0 Å². The summed E-state index contributed by atoms with van der Waals surface area (Å²) < 4.78 is 5.94. The van der Waals surface area contributed by atoms with Crippen molar-refractivity contribution in [1.29, 1.82) is 0 Å². The normalized spacial score (nSPS) is 28.3. The van der Waals surface area contributed by atoms with E-state index >= 15 is 0 Å². The lowest BCUT2D eigenvalue weighted by atomic mass is 10.1. The summed E-state index contributed by atoms with van der Waals surface area (Å²) in [6, 6.07) is 0. The van der Waals surface area contributed by atoms with E-state index in [1.807, 2.05) is 4.90 Å². The summed E-state index contributed by atoms with van der Waals surface area (Å²) in [5, 5.41) is 0. The maximum Gasteiger partial charge on any atom is 0.270 e. The van der Waals surface area contributed by atoms with Gasteiger partial charge in [0.15, 0.2) is 5.78 Å². The minimum Gasteiger partial charge on any atom is -0.394 e. The molecule has 0 aromatic heterocycles. The van der Waals surface area contributed by atoms with Crippen molar-refractivity contribution < 1.29 is 14.3 Å². The average molecular weight is 335 g/mol. The summed E-state index contributed by atoms with van der Waals surface area (Å²) in [6.45, 7) is 6.97. The highest BCUT2D eigenvalue weighted by atomic mass is 16.5. The Morgan fingerprint density at radius 2 is 1.83 bits per heavy atom. The summed E-state index contributed by atoms with van der Waals surface area (Å²) in [7, 11) is 0. The van der Waals surface area contributed by atoms with Gasteiger partial charge in [0.2, 0.25) is 0 Å². The number of Topliss-reactive ketones (excluding diaryl/α,β-unsaturated/α-hetero) is 1. The van der Waals surface area contributed by atoms with Gasteiger partial charge in [-0.1, -0.05) is 13.8 Å². The summed E-state index contributed by atoms with van der Waals surface area (Å²) in [5.41, 5.74) is 8.15. The molecule has 2 atom stereocenters. The zero-order valence-corrected chi connectivity index (χ0v) is 15.0. The second-order valence-electron chi connectivity index (χ2n) is 6.62. The number of carbonyl (C=O) groups is 2. The van der Waals surface area contributed by atoms with Gasteiger partial charge in [0.1, 0.15) is 5.70 Å². The average Bonchev–Trinajstić information content (AvgIpc) is 3.06. The van der Waals surface area contributed by atoms with E-state index in [-0.39, 0.29) is 30.4 Å². The number of rotatable bonds is 5. The van der Waals surface area contributed by atoms with Gasteiger partial charge >= 0.3 is 0 Å². The van der Waals surface area contributed by atoms with Gasteiger partial charge in [-0.3, -0.25) is 14.6 Å². The van der Waals surface area contributed by atoms with Crippen LogP contribution in [0.4, 0.5) is 0 Å². The molecule has 6 nitrogen and oxygen atoms in total. The molecule has 24 heavy (non-hydrogen) atoms. The summed E-state index contributed by atoms with van der Waals surface area (Å²) in [6.07, 6.45) is 4.37. The molecule has 0 unspecified atom stereocenters. The molecule has 1 heterocycles. The number of aliphatic imine (C=N–C) groups is 1. The predicted octanol–water partition coefficient (Wildman–Crippen LogP) is 1.83. The fourth-order valence-electron chi connectivity index (χ4n) is 3.24. The number of hydrogen-bond donors (Lipinski definition) is 1. The van der Waals surface area contributed by atoms with Crippen LogP contribution in [0, 0.1) is 0 Å². The van der Waals surface area contributed by atoms with Crippen molar-refractivity contribution in [3.05, 3.63) is 11.3 Å². The van der Waals surface area contributed by atoms with Crippen LogP contribution >= 0.6 is 0 Å². The number of allylic oxidation sites excluding steroid dienone is 1. The molecule has 0 radical (unpaired) electrons. The van der Waals surface area contributed by atoms with Crippen molar-refractivity contribution in [2.24, 2.45) is 10.7 Å². The van der Waals surface area contributed by atoms with Crippen LogP contribution in [0.1, 0.15) is 52.9 Å². The first-order valence-electron chi connectivity index (χ1n) is 8.92. The lowest BCUT2D eigenvalue weighted by Gasteiger charge is -2.37. The van der Waals surface area contributed by atoms with Crippen molar-refractivity contribution in [2.75, 3.05) is 19.6 Å². The molecule has 0 bridgehead atoms. The smallest absolute Gasteiger partial charge is 0.270 e. The number of amides is 1. The third-order valence-electron chi connectivity index (χ3n) is 4.67. The van der Waals surface area contributed by atoms with Crippen LogP contribution in [0.25, 0.3) is 0 Å². The van der Waals surface area contributed by atoms with Crippen molar-refractivity contribution in [3.8, 4) is 0 Å². The van der Waals surface area contributed by atoms with Gasteiger partial charge in [-0.05, 0) is 39.0 Å². The van der Waals surface area contributed by atoms with Crippen LogP contribution in [0.15, 0.2) is 16.3 Å². The van der Waals surface area contributed by atoms with Crippen LogP contribution in [-0.2, 0) is 14.3 Å². The lowest BCUT2D eigenvalue weighted by Crippen LogP contribution is -2.51. The number of carbonyl (C=O) groups excluding carboxylic acids is 2. The van der Waals surface area contributed by atoms with Gasteiger partial charge in [0.25, 0.3) is 5.91 Å². The summed E-state index contributed by atoms with van der Waals surface area (Å²) in [5.74, 6) is -0.106. The first kappa shape index (κ1) is 18.6. The highest BCUT2D eigenvalue weighted by Gasteiger charge is 2.31. The monoisotopic (exact) mass is 335 g/mol. The van der Waals surface area contributed by atoms with Gasteiger partial charge in [-0.25, -0.2) is 0 Å². The third-order valence-corrected chi connectivity index (χ3v) is 4.67. The second-order valence-corrected chi connectivity index (χ2v) is 6.62. The van der Waals surface area contributed by atoms with E-state index in [2.05, 4.69) is 18.8 Å². The van der Waals surface area contributed by atoms with E-state index in [0.29, 0.717) is 18.8 Å². The number of ketones is 1. The molecule has 0 aromatic rings. The second kappa shape index (κ2) is 8.42.